The van der Waals surface area contributed by atoms with Gasteiger partial charge in [0.05, 0.1) is 0 Å². The number of hydrogen-bond donors (Lipinski definition) is 1. The second-order valence-corrected chi connectivity index (χ2v) is 6.79. The largest absolute Gasteiger partial charge is 0.420 e. The lowest BCUT2D eigenvalue weighted by molar-refractivity contribution is -0.132. The first kappa shape index (κ1) is 13.3. The summed E-state index contributed by atoms with van der Waals surface area (Å²) in [6.07, 6.45) is -2.40. The van der Waals surface area contributed by atoms with E-state index in [0.29, 0.717) is 42.3 Å². The lowest BCUT2D eigenvalue weighted by Gasteiger charge is -2.33. The fourth-order valence-electron chi connectivity index (χ4n) is 4.84. The third-order valence-corrected chi connectivity index (χ3v) is 5.67. The number of alkyl halides is 3. The first-order chi connectivity index (χ1) is 10.9. The molecule has 0 radical (unpaired) electrons. The summed E-state index contributed by atoms with van der Waals surface area (Å²) in [5.41, 5.74) is 1.33. The van der Waals surface area contributed by atoms with Crippen LogP contribution in [0.5, 0.6) is 0 Å². The van der Waals surface area contributed by atoms with Crippen LogP contribution in [0.1, 0.15) is 30.4 Å². The number of nitrogens with zero attached hydrogens (tertiary/aromatic N) is 2. The number of halogens is 3. The van der Waals surface area contributed by atoms with Crippen LogP contribution in [0.4, 0.5) is 13.2 Å². The molecule has 1 N–H and O–H groups in total. The normalized spacial score (nSPS) is 29.3. The van der Waals surface area contributed by atoms with Crippen LogP contribution in [0.25, 0.3) is 16.6 Å². The molecule has 118 valence electrons. The maximum Gasteiger partial charge on any atom is 0.420 e. The van der Waals surface area contributed by atoms with E-state index in [1.807, 2.05) is 0 Å². The van der Waals surface area contributed by atoms with E-state index in [4.69, 9.17) is 0 Å². The number of H-pyrrole nitrogens is 1. The van der Waals surface area contributed by atoms with Crippen LogP contribution < -0.4 is 0 Å². The Bertz CT molecular complexity index is 911. The molecule has 3 aliphatic carbocycles. The lowest BCUT2D eigenvalue weighted by atomic mass is 9.71. The third-order valence-electron chi connectivity index (χ3n) is 5.67. The number of aromatic amines is 1. The number of allylic oxidation sites excluding steroid dienone is 2. The van der Waals surface area contributed by atoms with Crippen molar-refractivity contribution in [1.82, 2.24) is 15.4 Å². The van der Waals surface area contributed by atoms with Crippen molar-refractivity contribution >= 4 is 22.4 Å². The first-order valence-corrected chi connectivity index (χ1v) is 7.60. The van der Waals surface area contributed by atoms with Gasteiger partial charge in [-0.2, -0.15) is 28.6 Å². The summed E-state index contributed by atoms with van der Waals surface area (Å²) < 4.78 is 40.9. The Morgan fingerprint density at radius 1 is 1.26 bits per heavy atom. The van der Waals surface area contributed by atoms with Crippen molar-refractivity contribution < 1.29 is 18.0 Å². The molecule has 23 heavy (non-hydrogen) atoms. The summed E-state index contributed by atoms with van der Waals surface area (Å²) in [5.74, 6) is -1.22. The Kier molecular flexibility index (Phi) is 2.21. The van der Waals surface area contributed by atoms with Crippen molar-refractivity contribution in [3.8, 4) is 0 Å². The summed E-state index contributed by atoms with van der Waals surface area (Å²) in [7, 11) is 0. The number of nitrogens with one attached hydrogen (secondary N) is 1. The van der Waals surface area contributed by atoms with E-state index in [1.54, 1.807) is 12.1 Å². The Hall–Kier alpha value is -2.18. The Labute approximate surface area is 128 Å². The minimum absolute atomic E-state index is 0.212. The second-order valence-electron chi connectivity index (χ2n) is 6.79. The Morgan fingerprint density at radius 2 is 2.09 bits per heavy atom. The number of hydrogen-bond acceptors (Lipinski definition) is 3. The molecule has 2 bridgehead atoms. The molecule has 3 aliphatic rings. The van der Waals surface area contributed by atoms with Crippen molar-refractivity contribution in [2.45, 2.75) is 31.9 Å². The molecule has 1 spiro atoms. The molecule has 1 fully saturated rings. The molecule has 1 heterocycles. The standard InChI is InChI=1S/C16H12F3N3O/c17-16(18,19)12-11-8-1-2-10-13(21-22-20-10)9(8)6-15(11)4-3-7(5-15)14(12)23/h1-2,7H,3-6H2,(H,20,21,22)/t7-,15+/m0/s1. The van der Waals surface area contributed by atoms with Crippen LogP contribution >= 0.6 is 0 Å². The maximum atomic E-state index is 13.6. The third kappa shape index (κ3) is 1.50. The zero-order chi connectivity index (χ0) is 16.0. The number of ketones is 1. The summed E-state index contributed by atoms with van der Waals surface area (Å²) in [6.45, 7) is 0. The van der Waals surface area contributed by atoms with Gasteiger partial charge in [0.2, 0.25) is 0 Å². The quantitative estimate of drug-likeness (QED) is 0.811. The summed E-state index contributed by atoms with van der Waals surface area (Å²) in [6, 6.07) is 3.34. The molecule has 7 heteroatoms. The van der Waals surface area contributed by atoms with Crippen LogP contribution in [0.15, 0.2) is 17.7 Å². The highest BCUT2D eigenvalue weighted by Gasteiger charge is 2.59. The minimum Gasteiger partial charge on any atom is -0.294 e. The molecule has 1 saturated carbocycles. The zero-order valence-electron chi connectivity index (χ0n) is 12.0. The highest BCUT2D eigenvalue weighted by molar-refractivity contribution is 6.10. The van der Waals surface area contributed by atoms with Crippen LogP contribution in [0.2, 0.25) is 0 Å². The molecule has 2 atom stereocenters. The average Bonchev–Trinajstić information content (AvgIpc) is 3.15. The van der Waals surface area contributed by atoms with Gasteiger partial charge in [0.25, 0.3) is 0 Å². The number of aromatic nitrogens is 3. The van der Waals surface area contributed by atoms with E-state index in [9.17, 15) is 18.0 Å². The molecule has 0 saturated heterocycles. The van der Waals surface area contributed by atoms with Gasteiger partial charge in [-0.05, 0) is 48.4 Å². The zero-order valence-corrected chi connectivity index (χ0v) is 12.0. The van der Waals surface area contributed by atoms with Gasteiger partial charge in [-0.25, -0.2) is 0 Å². The molecule has 1 aromatic carbocycles. The lowest BCUT2D eigenvalue weighted by Crippen LogP contribution is -2.34. The smallest absolute Gasteiger partial charge is 0.294 e. The van der Waals surface area contributed by atoms with Gasteiger partial charge in [-0.3, -0.25) is 4.79 Å². The SMILES string of the molecule is O=C1C(C(F)(F)F)=C2c3ccc4n[nH]nc4c3C[C@]23CC[C@H]1C3. The van der Waals surface area contributed by atoms with Crippen molar-refractivity contribution in [3.63, 3.8) is 0 Å². The topological polar surface area (TPSA) is 58.6 Å². The Balaban J connectivity index is 1.89. The number of fused-ring (bicyclic) bond motifs is 5. The molecule has 0 unspecified atom stereocenters. The number of carbonyl (C=O) groups excluding carboxylic acids is 1. The molecule has 2 aromatic rings. The molecular formula is C16H12F3N3O. The average molecular weight is 319 g/mol. The number of Topliss-reactive ketones (excluding diaryl/α,β-unsaturated/α-hetero) is 1. The van der Waals surface area contributed by atoms with Crippen LogP contribution in [-0.2, 0) is 11.2 Å². The molecule has 0 amide bonds. The molecule has 1 aromatic heterocycles. The minimum atomic E-state index is -4.61. The highest BCUT2D eigenvalue weighted by Crippen LogP contribution is 2.64. The van der Waals surface area contributed by atoms with Gasteiger partial charge >= 0.3 is 6.18 Å². The Morgan fingerprint density at radius 3 is 2.87 bits per heavy atom. The molecular weight excluding hydrogens is 307 g/mol. The van der Waals surface area contributed by atoms with E-state index in [-0.39, 0.29) is 5.57 Å². The van der Waals surface area contributed by atoms with Crippen molar-refractivity contribution in [1.29, 1.82) is 0 Å². The van der Waals surface area contributed by atoms with Crippen LogP contribution in [-0.4, -0.2) is 27.4 Å². The summed E-state index contributed by atoms with van der Waals surface area (Å²) >= 11 is 0. The van der Waals surface area contributed by atoms with E-state index in [0.717, 1.165) is 5.56 Å². The summed E-state index contributed by atoms with van der Waals surface area (Å²) in [5, 5.41) is 10.7. The van der Waals surface area contributed by atoms with Gasteiger partial charge < -0.3 is 0 Å². The maximum absolute atomic E-state index is 13.6. The fraction of sp³-hybridized carbons (Fsp3) is 0.438. The number of carbonyl (C=O) groups is 1. The second kappa shape index (κ2) is 3.83. The fourth-order valence-corrected chi connectivity index (χ4v) is 4.84. The molecule has 0 aliphatic heterocycles. The van der Waals surface area contributed by atoms with E-state index >= 15 is 0 Å². The van der Waals surface area contributed by atoms with E-state index in [1.165, 1.54) is 0 Å². The van der Waals surface area contributed by atoms with E-state index < -0.39 is 28.9 Å². The first-order valence-electron chi connectivity index (χ1n) is 7.60. The van der Waals surface area contributed by atoms with Gasteiger partial charge in [-0.15, -0.1) is 0 Å². The summed E-state index contributed by atoms with van der Waals surface area (Å²) in [4.78, 5) is 12.4. The highest BCUT2D eigenvalue weighted by atomic mass is 19.4. The monoisotopic (exact) mass is 319 g/mol. The van der Waals surface area contributed by atoms with Crippen molar-refractivity contribution in [2.24, 2.45) is 11.3 Å². The predicted octanol–water partition coefficient (Wildman–Crippen LogP) is 3.20. The predicted molar refractivity (Wildman–Crippen MR) is 75.3 cm³/mol. The van der Waals surface area contributed by atoms with Crippen molar-refractivity contribution in [2.75, 3.05) is 0 Å². The van der Waals surface area contributed by atoms with Gasteiger partial charge in [0.15, 0.2) is 5.78 Å². The van der Waals surface area contributed by atoms with Gasteiger partial charge in [-0.1, -0.05) is 6.07 Å². The van der Waals surface area contributed by atoms with E-state index in [2.05, 4.69) is 15.4 Å². The van der Waals surface area contributed by atoms with Gasteiger partial charge in [0.1, 0.15) is 16.6 Å². The van der Waals surface area contributed by atoms with Gasteiger partial charge in [0, 0.05) is 11.3 Å². The van der Waals surface area contributed by atoms with Crippen LogP contribution in [0, 0.1) is 11.3 Å². The number of rotatable bonds is 0. The molecule has 4 nitrogen and oxygen atoms in total. The van der Waals surface area contributed by atoms with Crippen LogP contribution in [0.3, 0.4) is 0 Å². The van der Waals surface area contributed by atoms with Crippen molar-refractivity contribution in [3.05, 3.63) is 28.8 Å². The number of benzene rings is 1. The molecule has 5 rings (SSSR count).